The topological polar surface area (TPSA) is 30.8 Å². The van der Waals surface area contributed by atoms with E-state index in [1.165, 1.54) is 0 Å². The van der Waals surface area contributed by atoms with Gasteiger partial charge in [-0.05, 0) is 6.07 Å². The molecule has 0 fully saturated rings. The van der Waals surface area contributed by atoms with Crippen LogP contribution in [0.25, 0.3) is 0 Å². The summed E-state index contributed by atoms with van der Waals surface area (Å²) in [5, 5.41) is 3.63. The van der Waals surface area contributed by atoms with Crippen molar-refractivity contribution in [1.29, 1.82) is 0 Å². The molecule has 2 aliphatic heterocycles. The van der Waals surface area contributed by atoms with Crippen molar-refractivity contribution in [2.45, 2.75) is 6.10 Å². The molecule has 1 aromatic carbocycles. The van der Waals surface area contributed by atoms with E-state index in [0.29, 0.717) is 0 Å². The van der Waals surface area contributed by atoms with Crippen molar-refractivity contribution in [2.75, 3.05) is 0 Å². The van der Waals surface area contributed by atoms with Crippen LogP contribution in [0.3, 0.4) is 0 Å². The third-order valence-electron chi connectivity index (χ3n) is 2.13. The third kappa shape index (κ3) is 0.869. The number of rotatable bonds is 0. The lowest BCUT2D eigenvalue weighted by Gasteiger charge is -2.18. The molecule has 2 aliphatic rings. The highest BCUT2D eigenvalue weighted by atomic mass is 16.6. The zero-order valence-electron chi connectivity index (χ0n) is 6.73. The fraction of sp³-hybridized carbons (Fsp3) is 0.100. The van der Waals surface area contributed by atoms with Crippen molar-refractivity contribution in [1.82, 2.24) is 0 Å². The van der Waals surface area contributed by atoms with Crippen molar-refractivity contribution < 1.29 is 9.57 Å². The van der Waals surface area contributed by atoms with Gasteiger partial charge >= 0.3 is 0 Å². The Kier molecular flexibility index (Phi) is 1.22. The third-order valence-corrected chi connectivity index (χ3v) is 2.13. The number of nitrogens with zero attached hydrogens (tertiary/aromatic N) is 1. The van der Waals surface area contributed by atoms with Crippen molar-refractivity contribution in [3.05, 3.63) is 41.7 Å². The molecule has 13 heavy (non-hydrogen) atoms. The lowest BCUT2D eigenvalue weighted by atomic mass is 10.0. The summed E-state index contributed by atoms with van der Waals surface area (Å²) in [4.78, 5) is 5.15. The quantitative estimate of drug-likeness (QED) is 0.598. The summed E-state index contributed by atoms with van der Waals surface area (Å²) in [6, 6.07) is 7.75. The summed E-state index contributed by atoms with van der Waals surface area (Å²) in [6.45, 7) is 0. The molecule has 0 aliphatic carbocycles. The summed E-state index contributed by atoms with van der Waals surface area (Å²) in [5.74, 6) is 0.829. The number of hydrogen-bond acceptors (Lipinski definition) is 3. The van der Waals surface area contributed by atoms with Gasteiger partial charge in [-0.2, -0.15) is 0 Å². The standard InChI is InChI=1S/C10H6NO2/c1-2-4-9-8(3-1)10-7(6-12-9)5-11-13-10/h1-4,6,10H. The summed E-state index contributed by atoms with van der Waals surface area (Å²) >= 11 is 0. The van der Waals surface area contributed by atoms with Crippen LogP contribution in [-0.2, 0) is 4.84 Å². The molecule has 1 unspecified atom stereocenters. The van der Waals surface area contributed by atoms with Gasteiger partial charge in [-0.3, -0.25) is 0 Å². The number of fused-ring (bicyclic) bond motifs is 3. The first kappa shape index (κ1) is 6.71. The van der Waals surface area contributed by atoms with Crippen molar-refractivity contribution in [3.63, 3.8) is 0 Å². The molecule has 1 radical (unpaired) electrons. The van der Waals surface area contributed by atoms with Crippen LogP contribution in [0.5, 0.6) is 5.75 Å². The van der Waals surface area contributed by atoms with E-state index in [4.69, 9.17) is 9.57 Å². The molecule has 1 atom stereocenters. The first-order chi connectivity index (χ1) is 6.45. The van der Waals surface area contributed by atoms with E-state index in [1.807, 2.05) is 24.3 Å². The van der Waals surface area contributed by atoms with Crippen LogP contribution < -0.4 is 4.74 Å². The van der Waals surface area contributed by atoms with E-state index in [9.17, 15) is 0 Å². The summed E-state index contributed by atoms with van der Waals surface area (Å²) < 4.78 is 5.37. The minimum Gasteiger partial charge on any atom is -0.464 e. The van der Waals surface area contributed by atoms with Crippen LogP contribution in [0.15, 0.2) is 41.3 Å². The Hall–Kier alpha value is -1.77. The van der Waals surface area contributed by atoms with E-state index in [0.717, 1.165) is 16.9 Å². The molecule has 0 N–H and O–H groups in total. The summed E-state index contributed by atoms with van der Waals surface area (Å²) in [6.07, 6.45) is 4.25. The number of para-hydroxylation sites is 1. The maximum Gasteiger partial charge on any atom is 0.186 e. The second-order valence-electron chi connectivity index (χ2n) is 2.92. The molecule has 0 aromatic heterocycles. The predicted octanol–water partition coefficient (Wildman–Crippen LogP) is 1.90. The minimum absolute atomic E-state index is 0.120. The maximum atomic E-state index is 5.37. The molecule has 2 heterocycles. The van der Waals surface area contributed by atoms with Crippen LogP contribution in [0, 0.1) is 0 Å². The zero-order valence-corrected chi connectivity index (χ0v) is 6.73. The van der Waals surface area contributed by atoms with Gasteiger partial charge in [0.15, 0.2) is 6.10 Å². The zero-order chi connectivity index (χ0) is 8.67. The van der Waals surface area contributed by atoms with Crippen LogP contribution in [0.2, 0.25) is 0 Å². The molecule has 3 rings (SSSR count). The van der Waals surface area contributed by atoms with Gasteiger partial charge in [-0.15, -0.1) is 0 Å². The number of ether oxygens (including phenoxy) is 1. The monoisotopic (exact) mass is 172 g/mol. The Morgan fingerprint density at radius 2 is 2.23 bits per heavy atom. The second kappa shape index (κ2) is 2.36. The SMILES string of the molecule is [C]1=NOC2C1=COc1ccccc12. The Labute approximate surface area is 75.3 Å². The Bertz CT molecular complexity index is 409. The van der Waals surface area contributed by atoms with Crippen LogP contribution >= 0.6 is 0 Å². The van der Waals surface area contributed by atoms with Crippen molar-refractivity contribution in [2.24, 2.45) is 5.16 Å². The van der Waals surface area contributed by atoms with Gasteiger partial charge in [-0.1, -0.05) is 23.4 Å². The van der Waals surface area contributed by atoms with E-state index < -0.39 is 0 Å². The van der Waals surface area contributed by atoms with E-state index in [1.54, 1.807) is 6.26 Å². The molecular formula is C10H6NO2. The normalized spacial score (nSPS) is 22.5. The average Bonchev–Trinajstić information content (AvgIpc) is 2.65. The molecule has 0 spiro atoms. The smallest absolute Gasteiger partial charge is 0.186 e. The van der Waals surface area contributed by atoms with Gasteiger partial charge in [0.25, 0.3) is 0 Å². The van der Waals surface area contributed by atoms with Gasteiger partial charge in [0, 0.05) is 5.56 Å². The minimum atomic E-state index is -0.120. The van der Waals surface area contributed by atoms with Gasteiger partial charge in [0.2, 0.25) is 0 Å². The second-order valence-corrected chi connectivity index (χ2v) is 2.92. The first-order valence-electron chi connectivity index (χ1n) is 4.03. The van der Waals surface area contributed by atoms with Gasteiger partial charge < -0.3 is 9.57 Å². The van der Waals surface area contributed by atoms with Crippen LogP contribution in [-0.4, -0.2) is 6.21 Å². The number of hydrogen-bond donors (Lipinski definition) is 0. The molecule has 0 bridgehead atoms. The Morgan fingerprint density at radius 1 is 1.31 bits per heavy atom. The van der Waals surface area contributed by atoms with Gasteiger partial charge in [0.1, 0.15) is 18.2 Å². The predicted molar refractivity (Wildman–Crippen MR) is 46.4 cm³/mol. The first-order valence-corrected chi connectivity index (χ1v) is 4.03. The molecule has 3 nitrogen and oxygen atoms in total. The largest absolute Gasteiger partial charge is 0.464 e. The highest BCUT2D eigenvalue weighted by Crippen LogP contribution is 2.38. The molecule has 1 aromatic rings. The molecule has 0 amide bonds. The van der Waals surface area contributed by atoms with E-state index >= 15 is 0 Å². The van der Waals surface area contributed by atoms with Crippen molar-refractivity contribution in [3.8, 4) is 5.75 Å². The molecule has 0 saturated heterocycles. The van der Waals surface area contributed by atoms with Crippen LogP contribution in [0.4, 0.5) is 0 Å². The molecule has 3 heteroatoms. The summed E-state index contributed by atoms with van der Waals surface area (Å²) in [7, 11) is 0. The Balaban J connectivity index is 2.14. The molecule has 63 valence electrons. The maximum absolute atomic E-state index is 5.37. The van der Waals surface area contributed by atoms with Gasteiger partial charge in [-0.25, -0.2) is 0 Å². The average molecular weight is 172 g/mol. The molecule has 0 saturated carbocycles. The lowest BCUT2D eigenvalue weighted by Crippen LogP contribution is -2.08. The molecular weight excluding hydrogens is 166 g/mol. The van der Waals surface area contributed by atoms with Crippen molar-refractivity contribution >= 4 is 6.21 Å². The summed E-state index contributed by atoms with van der Waals surface area (Å²) in [5.41, 5.74) is 1.85. The van der Waals surface area contributed by atoms with E-state index in [-0.39, 0.29) is 6.10 Å². The van der Waals surface area contributed by atoms with E-state index in [2.05, 4.69) is 11.4 Å². The highest BCUT2D eigenvalue weighted by Gasteiger charge is 2.29. The van der Waals surface area contributed by atoms with Gasteiger partial charge in [0.05, 0.1) is 5.57 Å². The Morgan fingerprint density at radius 3 is 3.23 bits per heavy atom. The highest BCUT2D eigenvalue weighted by molar-refractivity contribution is 5.82. The lowest BCUT2D eigenvalue weighted by molar-refractivity contribution is 0.0985. The number of benzene rings is 1. The fourth-order valence-corrected chi connectivity index (χ4v) is 1.49. The van der Waals surface area contributed by atoms with Crippen LogP contribution in [0.1, 0.15) is 11.7 Å². The fourth-order valence-electron chi connectivity index (χ4n) is 1.49.